The quantitative estimate of drug-likeness (QED) is 0.127. The van der Waals surface area contributed by atoms with Crippen LogP contribution in [0.5, 0.6) is 5.75 Å². The van der Waals surface area contributed by atoms with Crippen LogP contribution in [0.2, 0.25) is 0 Å². The van der Waals surface area contributed by atoms with Gasteiger partial charge in [0.25, 0.3) is 0 Å². The third-order valence-corrected chi connectivity index (χ3v) is 8.50. The van der Waals surface area contributed by atoms with E-state index in [4.69, 9.17) is 18.9 Å². The van der Waals surface area contributed by atoms with Gasteiger partial charge >= 0.3 is 18.0 Å². The summed E-state index contributed by atoms with van der Waals surface area (Å²) in [6.07, 6.45) is 3.93. The number of methoxy groups -OCH3 is 1. The number of urea groups is 1. The highest BCUT2D eigenvalue weighted by atomic mass is 16.5. The van der Waals surface area contributed by atoms with Crippen molar-refractivity contribution in [3.63, 3.8) is 0 Å². The molecule has 10 nitrogen and oxygen atoms in total. The number of carbonyl (C=O) groups is 3. The first-order valence-corrected chi connectivity index (χ1v) is 16.1. The topological polar surface area (TPSA) is 107 Å². The van der Waals surface area contributed by atoms with Gasteiger partial charge in [-0.1, -0.05) is 48.0 Å². The lowest BCUT2D eigenvalue weighted by molar-refractivity contribution is -0.143. The number of nitrogens with zero attached hydrogens (tertiary/aromatic N) is 2. The number of benzene rings is 3. The molecule has 2 aliphatic heterocycles. The molecular formula is C37H43N3O7. The summed E-state index contributed by atoms with van der Waals surface area (Å²) in [7, 11) is 1.58. The Morgan fingerprint density at radius 1 is 1.00 bits per heavy atom. The fourth-order valence-corrected chi connectivity index (χ4v) is 5.94. The maximum atomic E-state index is 14.1. The number of esters is 2. The van der Waals surface area contributed by atoms with E-state index in [1.54, 1.807) is 12.0 Å². The molecule has 0 atom stereocenters. The number of para-hydroxylation sites is 2. The molecule has 1 N–H and O–H groups in total. The van der Waals surface area contributed by atoms with E-state index in [0.717, 1.165) is 50.4 Å². The zero-order valence-corrected chi connectivity index (χ0v) is 27.4. The van der Waals surface area contributed by atoms with Crippen LogP contribution in [-0.4, -0.2) is 69.4 Å². The lowest BCUT2D eigenvalue weighted by Gasteiger charge is -2.26. The van der Waals surface area contributed by atoms with Gasteiger partial charge in [0.1, 0.15) is 12.4 Å². The average Bonchev–Trinajstić information content (AvgIpc) is 3.49. The first-order valence-electron chi connectivity index (χ1n) is 16.1. The van der Waals surface area contributed by atoms with Gasteiger partial charge < -0.3 is 24.3 Å². The number of anilines is 3. The standard InChI is InChI=1S/C37H43N3O7/c1-26(16-18-32(41)46-22-10-19-39-20-23-45-24-21-39)15-17-30-34(33-31(25-47-36(33)42)27(2)35(30)44-3)38-37(43)40(28-11-6-4-7-12-28)29-13-8-5-9-14-29/h4-9,11-15H,10,16-25H2,1-3H3,(H,38,43)/b26-15+. The van der Waals surface area contributed by atoms with Crippen LogP contribution < -0.4 is 15.0 Å². The van der Waals surface area contributed by atoms with Gasteiger partial charge in [-0.25, -0.2) is 9.59 Å². The Kier molecular flexibility index (Phi) is 11.6. The number of morpholine rings is 1. The summed E-state index contributed by atoms with van der Waals surface area (Å²) in [5, 5.41) is 3.06. The van der Waals surface area contributed by atoms with Crippen molar-refractivity contribution in [2.45, 2.75) is 46.1 Å². The Bertz CT molecular complexity index is 1550. The number of rotatable bonds is 13. The van der Waals surface area contributed by atoms with Gasteiger partial charge in [-0.05, 0) is 62.9 Å². The first-order chi connectivity index (χ1) is 22.9. The van der Waals surface area contributed by atoms with Crippen molar-refractivity contribution in [2.75, 3.05) is 56.8 Å². The van der Waals surface area contributed by atoms with Crippen molar-refractivity contribution in [3.8, 4) is 5.75 Å². The van der Waals surface area contributed by atoms with Crippen LogP contribution in [0.1, 0.15) is 53.2 Å². The normalized spacial score (nSPS) is 14.7. The number of allylic oxidation sites excluding steroid dienone is 2. The van der Waals surface area contributed by atoms with E-state index in [-0.39, 0.29) is 19.0 Å². The Balaban J connectivity index is 1.33. The number of cyclic esters (lactones) is 1. The average molecular weight is 642 g/mol. The van der Waals surface area contributed by atoms with Gasteiger partial charge in [0.2, 0.25) is 0 Å². The predicted molar refractivity (Wildman–Crippen MR) is 180 cm³/mol. The van der Waals surface area contributed by atoms with E-state index in [1.165, 1.54) is 0 Å². The van der Waals surface area contributed by atoms with Crippen molar-refractivity contribution in [1.82, 2.24) is 4.90 Å². The Morgan fingerprint density at radius 3 is 2.30 bits per heavy atom. The zero-order chi connectivity index (χ0) is 33.2. The van der Waals surface area contributed by atoms with Crippen molar-refractivity contribution in [2.24, 2.45) is 0 Å². The van der Waals surface area contributed by atoms with Crippen molar-refractivity contribution < 1.29 is 33.3 Å². The molecule has 0 aromatic heterocycles. The lowest BCUT2D eigenvalue weighted by Crippen LogP contribution is -2.37. The molecule has 5 rings (SSSR count). The van der Waals surface area contributed by atoms with Gasteiger partial charge in [-0.15, -0.1) is 0 Å². The van der Waals surface area contributed by atoms with Crippen molar-refractivity contribution in [1.29, 1.82) is 0 Å². The van der Waals surface area contributed by atoms with Crippen LogP contribution in [0.25, 0.3) is 0 Å². The second-order valence-corrected chi connectivity index (χ2v) is 11.7. The predicted octanol–water partition coefficient (Wildman–Crippen LogP) is 6.58. The monoisotopic (exact) mass is 641 g/mol. The van der Waals surface area contributed by atoms with Gasteiger partial charge in [-0.2, -0.15) is 0 Å². The molecule has 0 spiro atoms. The molecule has 1 fully saturated rings. The second kappa shape index (κ2) is 16.2. The maximum Gasteiger partial charge on any atom is 0.341 e. The van der Waals surface area contributed by atoms with Crippen molar-refractivity contribution in [3.05, 3.63) is 94.6 Å². The van der Waals surface area contributed by atoms with E-state index >= 15 is 0 Å². The van der Waals surface area contributed by atoms with Gasteiger partial charge in [0.05, 0.1) is 49.6 Å². The minimum Gasteiger partial charge on any atom is -0.496 e. The van der Waals surface area contributed by atoms with Crippen LogP contribution in [0, 0.1) is 6.92 Å². The number of hydrogen-bond donors (Lipinski definition) is 1. The number of carbonyl (C=O) groups excluding carboxylic acids is 3. The van der Waals surface area contributed by atoms with E-state index in [9.17, 15) is 14.4 Å². The Labute approximate surface area is 276 Å². The Morgan fingerprint density at radius 2 is 1.66 bits per heavy atom. The molecule has 0 radical (unpaired) electrons. The minimum atomic E-state index is -0.495. The summed E-state index contributed by atoms with van der Waals surface area (Å²) in [5.74, 6) is -0.152. The molecule has 2 heterocycles. The maximum absolute atomic E-state index is 14.1. The molecule has 3 aromatic carbocycles. The molecule has 1 saturated heterocycles. The molecule has 0 bridgehead atoms. The first kappa shape index (κ1) is 33.7. The zero-order valence-electron chi connectivity index (χ0n) is 27.4. The van der Waals surface area contributed by atoms with Crippen LogP contribution in [-0.2, 0) is 32.0 Å². The minimum absolute atomic E-state index is 0.101. The number of hydrogen-bond acceptors (Lipinski definition) is 8. The van der Waals surface area contributed by atoms with Gasteiger partial charge in [0.15, 0.2) is 0 Å². The highest BCUT2D eigenvalue weighted by molar-refractivity contribution is 6.11. The molecule has 248 valence electrons. The summed E-state index contributed by atoms with van der Waals surface area (Å²) in [4.78, 5) is 43.5. The fourth-order valence-electron chi connectivity index (χ4n) is 5.94. The summed E-state index contributed by atoms with van der Waals surface area (Å²) >= 11 is 0. The third-order valence-electron chi connectivity index (χ3n) is 8.50. The van der Waals surface area contributed by atoms with Gasteiger partial charge in [0, 0.05) is 37.2 Å². The van der Waals surface area contributed by atoms with E-state index in [1.807, 2.05) is 80.6 Å². The molecule has 0 unspecified atom stereocenters. The number of fused-ring (bicyclic) bond motifs is 1. The summed E-state index contributed by atoms with van der Waals surface area (Å²) in [6.45, 7) is 8.56. The third kappa shape index (κ3) is 8.38. The molecular weight excluding hydrogens is 598 g/mol. The lowest BCUT2D eigenvalue weighted by atomic mass is 9.93. The number of ether oxygens (including phenoxy) is 4. The van der Waals surface area contributed by atoms with Crippen LogP contribution in [0.3, 0.4) is 0 Å². The molecule has 3 aromatic rings. The molecule has 47 heavy (non-hydrogen) atoms. The molecule has 10 heteroatoms. The molecule has 2 aliphatic rings. The SMILES string of the molecule is COc1c(C)c2c(c(NC(=O)N(c3ccccc3)c3ccccc3)c1C/C=C(\C)CCC(=O)OCCCN1CCOCC1)C(=O)OC2. The Hall–Kier alpha value is -4.67. The highest BCUT2D eigenvalue weighted by Crippen LogP contribution is 2.42. The molecule has 0 aliphatic carbocycles. The fraction of sp³-hybridized carbons (Fsp3) is 0.378. The smallest absolute Gasteiger partial charge is 0.341 e. The molecule has 0 saturated carbocycles. The number of nitrogens with one attached hydrogen (secondary N) is 1. The highest BCUT2D eigenvalue weighted by Gasteiger charge is 2.33. The van der Waals surface area contributed by atoms with E-state index in [0.29, 0.717) is 59.0 Å². The largest absolute Gasteiger partial charge is 0.496 e. The molecule has 2 amide bonds. The number of amides is 2. The van der Waals surface area contributed by atoms with Crippen LogP contribution in [0.4, 0.5) is 21.9 Å². The van der Waals surface area contributed by atoms with E-state index < -0.39 is 12.0 Å². The second-order valence-electron chi connectivity index (χ2n) is 11.7. The van der Waals surface area contributed by atoms with Crippen LogP contribution in [0.15, 0.2) is 72.3 Å². The van der Waals surface area contributed by atoms with Crippen molar-refractivity contribution >= 4 is 35.0 Å². The summed E-state index contributed by atoms with van der Waals surface area (Å²) < 4.78 is 22.2. The van der Waals surface area contributed by atoms with E-state index in [2.05, 4.69) is 10.2 Å². The summed E-state index contributed by atoms with van der Waals surface area (Å²) in [6, 6.07) is 18.2. The summed E-state index contributed by atoms with van der Waals surface area (Å²) in [5.41, 5.74) is 5.13. The van der Waals surface area contributed by atoms with Gasteiger partial charge in [-0.3, -0.25) is 14.6 Å². The van der Waals surface area contributed by atoms with Crippen LogP contribution >= 0.6 is 0 Å².